The molecule has 0 saturated carbocycles. The van der Waals surface area contributed by atoms with E-state index in [9.17, 15) is 4.79 Å². The smallest absolute Gasteiger partial charge is 0.255 e. The molecule has 0 spiro atoms. The predicted octanol–water partition coefficient (Wildman–Crippen LogP) is 4.62. The number of hydrogen-bond acceptors (Lipinski definition) is 1. The highest BCUT2D eigenvalue weighted by Gasteiger charge is 2.30. The number of hydrogen-bond donors (Lipinski definition) is 0. The Morgan fingerprint density at radius 2 is 1.74 bits per heavy atom. The molecule has 3 aromatic carbocycles. The number of carbonyl (C=O) groups is 1. The zero-order valence-electron chi connectivity index (χ0n) is 12.9. The van der Waals surface area contributed by atoms with Crippen LogP contribution in [0, 0.1) is 6.07 Å². The van der Waals surface area contributed by atoms with E-state index in [1.165, 1.54) is 5.56 Å². The SMILES string of the molecule is O=C(c1[c]cc2ccccc2c1)N1CCCC1c1ccccc1. The largest absolute Gasteiger partial charge is 0.332 e. The molecule has 0 aromatic heterocycles. The molecule has 2 nitrogen and oxygen atoms in total. The number of nitrogens with zero attached hydrogens (tertiary/aromatic N) is 1. The summed E-state index contributed by atoms with van der Waals surface area (Å²) in [5.41, 5.74) is 1.88. The van der Waals surface area contributed by atoms with Crippen LogP contribution in [-0.4, -0.2) is 17.4 Å². The van der Waals surface area contributed by atoms with E-state index in [0.717, 1.165) is 30.2 Å². The monoisotopic (exact) mass is 300 g/mol. The molecule has 1 fully saturated rings. The van der Waals surface area contributed by atoms with Gasteiger partial charge in [-0.3, -0.25) is 4.79 Å². The van der Waals surface area contributed by atoms with Gasteiger partial charge in [0.05, 0.1) is 6.04 Å². The van der Waals surface area contributed by atoms with Gasteiger partial charge in [0.2, 0.25) is 0 Å². The van der Waals surface area contributed by atoms with Gasteiger partial charge in [0.1, 0.15) is 0 Å². The van der Waals surface area contributed by atoms with Crippen LogP contribution in [0.25, 0.3) is 10.8 Å². The van der Waals surface area contributed by atoms with Gasteiger partial charge >= 0.3 is 0 Å². The fourth-order valence-corrected chi connectivity index (χ4v) is 3.44. The topological polar surface area (TPSA) is 20.3 Å². The summed E-state index contributed by atoms with van der Waals surface area (Å²) in [6.45, 7) is 0.819. The third-order valence-corrected chi connectivity index (χ3v) is 4.61. The van der Waals surface area contributed by atoms with E-state index in [4.69, 9.17) is 0 Å². The van der Waals surface area contributed by atoms with Gasteiger partial charge < -0.3 is 4.90 Å². The Balaban J connectivity index is 1.66. The maximum Gasteiger partial charge on any atom is 0.255 e. The number of benzene rings is 3. The zero-order chi connectivity index (χ0) is 15.6. The average Bonchev–Trinajstić information content (AvgIpc) is 3.11. The minimum atomic E-state index is 0.0853. The van der Waals surface area contributed by atoms with Crippen molar-refractivity contribution in [2.75, 3.05) is 6.54 Å². The van der Waals surface area contributed by atoms with Crippen LogP contribution in [0.1, 0.15) is 34.8 Å². The lowest BCUT2D eigenvalue weighted by Gasteiger charge is -2.25. The molecule has 1 saturated heterocycles. The van der Waals surface area contributed by atoms with Gasteiger partial charge in [-0.05, 0) is 47.4 Å². The molecular weight excluding hydrogens is 282 g/mol. The standard InChI is InChI=1S/C21H18NO/c23-21(19-13-12-16-7-4-5-10-18(16)15-19)22-14-6-11-20(22)17-8-2-1-3-9-17/h1-5,7-10,12,15,20H,6,11,14H2. The highest BCUT2D eigenvalue weighted by molar-refractivity contribution is 5.98. The first-order valence-electron chi connectivity index (χ1n) is 8.09. The summed E-state index contributed by atoms with van der Waals surface area (Å²) in [6.07, 6.45) is 2.09. The van der Waals surface area contributed by atoms with Gasteiger partial charge in [-0.2, -0.15) is 0 Å². The van der Waals surface area contributed by atoms with Crippen molar-refractivity contribution in [1.29, 1.82) is 0 Å². The second-order valence-corrected chi connectivity index (χ2v) is 6.04. The van der Waals surface area contributed by atoms with E-state index in [2.05, 4.69) is 18.2 Å². The number of carbonyl (C=O) groups excluding carboxylic acids is 1. The van der Waals surface area contributed by atoms with E-state index in [1.54, 1.807) is 0 Å². The molecule has 23 heavy (non-hydrogen) atoms. The zero-order valence-corrected chi connectivity index (χ0v) is 12.9. The van der Waals surface area contributed by atoms with Gasteiger partial charge in [0.25, 0.3) is 5.91 Å². The molecule has 1 amide bonds. The lowest BCUT2D eigenvalue weighted by Crippen LogP contribution is -2.30. The summed E-state index contributed by atoms with van der Waals surface area (Å²) in [6, 6.07) is 25.6. The van der Waals surface area contributed by atoms with Crippen LogP contribution in [0.4, 0.5) is 0 Å². The third-order valence-electron chi connectivity index (χ3n) is 4.61. The Kier molecular flexibility index (Phi) is 3.58. The Morgan fingerprint density at radius 3 is 2.57 bits per heavy atom. The second-order valence-electron chi connectivity index (χ2n) is 6.04. The van der Waals surface area contributed by atoms with E-state index in [0.29, 0.717) is 5.56 Å². The first-order chi connectivity index (χ1) is 11.3. The van der Waals surface area contributed by atoms with Crippen molar-refractivity contribution in [3.63, 3.8) is 0 Å². The summed E-state index contributed by atoms with van der Waals surface area (Å²) in [5.74, 6) is 0.0853. The molecule has 1 atom stereocenters. The molecule has 1 aliphatic heterocycles. The Morgan fingerprint density at radius 1 is 1.00 bits per heavy atom. The van der Waals surface area contributed by atoms with E-state index < -0.39 is 0 Å². The normalized spacial score (nSPS) is 17.6. The first kappa shape index (κ1) is 14.0. The molecular formula is C21H18NO. The van der Waals surface area contributed by atoms with Crippen molar-refractivity contribution in [3.8, 4) is 0 Å². The number of fused-ring (bicyclic) bond motifs is 1. The van der Waals surface area contributed by atoms with Gasteiger partial charge in [-0.25, -0.2) is 0 Å². The minimum Gasteiger partial charge on any atom is -0.332 e. The van der Waals surface area contributed by atoms with Gasteiger partial charge in [-0.15, -0.1) is 0 Å². The molecule has 1 radical (unpaired) electrons. The van der Waals surface area contributed by atoms with Crippen molar-refractivity contribution in [1.82, 2.24) is 4.90 Å². The summed E-state index contributed by atoms with van der Waals surface area (Å²) in [7, 11) is 0. The van der Waals surface area contributed by atoms with Gasteiger partial charge in [0, 0.05) is 12.1 Å². The van der Waals surface area contributed by atoms with Crippen molar-refractivity contribution in [2.45, 2.75) is 18.9 Å². The number of amides is 1. The summed E-state index contributed by atoms with van der Waals surface area (Å²) >= 11 is 0. The Bertz CT molecular complexity index is 841. The van der Waals surface area contributed by atoms with Crippen molar-refractivity contribution >= 4 is 16.7 Å². The lowest BCUT2D eigenvalue weighted by atomic mass is 10.0. The maximum absolute atomic E-state index is 13.0. The van der Waals surface area contributed by atoms with Crippen LogP contribution in [0.3, 0.4) is 0 Å². The summed E-state index contributed by atoms with van der Waals surface area (Å²) < 4.78 is 0. The lowest BCUT2D eigenvalue weighted by molar-refractivity contribution is 0.0735. The van der Waals surface area contributed by atoms with Crippen LogP contribution in [-0.2, 0) is 0 Å². The van der Waals surface area contributed by atoms with Crippen LogP contribution >= 0.6 is 0 Å². The van der Waals surface area contributed by atoms with Gasteiger partial charge in [-0.1, -0.05) is 54.6 Å². The van der Waals surface area contributed by atoms with Gasteiger partial charge in [0.15, 0.2) is 0 Å². The second kappa shape index (κ2) is 5.88. The fourth-order valence-electron chi connectivity index (χ4n) is 3.44. The fraction of sp³-hybridized carbons (Fsp3) is 0.190. The molecule has 0 bridgehead atoms. The highest BCUT2D eigenvalue weighted by Crippen LogP contribution is 2.33. The van der Waals surface area contributed by atoms with E-state index in [1.807, 2.05) is 59.5 Å². The molecule has 1 heterocycles. The minimum absolute atomic E-state index is 0.0853. The first-order valence-corrected chi connectivity index (χ1v) is 8.09. The summed E-state index contributed by atoms with van der Waals surface area (Å²) in [4.78, 5) is 15.0. The number of rotatable bonds is 2. The molecule has 0 aliphatic carbocycles. The maximum atomic E-state index is 13.0. The Hall–Kier alpha value is -2.61. The molecule has 0 N–H and O–H groups in total. The third kappa shape index (κ3) is 2.61. The Labute approximate surface area is 136 Å². The van der Waals surface area contributed by atoms with Crippen molar-refractivity contribution in [3.05, 3.63) is 83.9 Å². The molecule has 113 valence electrons. The molecule has 1 unspecified atom stereocenters. The summed E-state index contributed by atoms with van der Waals surface area (Å²) in [5, 5.41) is 2.20. The van der Waals surface area contributed by atoms with Crippen LogP contribution in [0.5, 0.6) is 0 Å². The highest BCUT2D eigenvalue weighted by atomic mass is 16.2. The quantitative estimate of drug-likeness (QED) is 0.676. The van der Waals surface area contributed by atoms with E-state index >= 15 is 0 Å². The molecule has 3 aromatic rings. The van der Waals surface area contributed by atoms with Crippen LogP contribution in [0.2, 0.25) is 0 Å². The molecule has 4 rings (SSSR count). The number of likely N-dealkylation sites (tertiary alicyclic amines) is 1. The van der Waals surface area contributed by atoms with Crippen LogP contribution in [0.15, 0.2) is 66.7 Å². The molecule has 2 heteroatoms. The average molecular weight is 300 g/mol. The van der Waals surface area contributed by atoms with Crippen molar-refractivity contribution < 1.29 is 4.79 Å². The van der Waals surface area contributed by atoms with Crippen LogP contribution < -0.4 is 0 Å². The van der Waals surface area contributed by atoms with Crippen molar-refractivity contribution in [2.24, 2.45) is 0 Å². The predicted molar refractivity (Wildman–Crippen MR) is 92.2 cm³/mol. The molecule has 1 aliphatic rings. The van der Waals surface area contributed by atoms with E-state index in [-0.39, 0.29) is 11.9 Å².